The average Bonchev–Trinajstić information content (AvgIpc) is 2.58. The van der Waals surface area contributed by atoms with Crippen LogP contribution in [0, 0.1) is 0 Å². The van der Waals surface area contributed by atoms with Gasteiger partial charge in [0, 0.05) is 12.6 Å². The quantitative estimate of drug-likeness (QED) is 0.717. The number of rotatable bonds is 8. The highest BCUT2D eigenvalue weighted by molar-refractivity contribution is 7.85. The number of nitrogens with zero attached hydrogens (tertiary/aromatic N) is 1. The van der Waals surface area contributed by atoms with Gasteiger partial charge in [-0.25, -0.2) is 0 Å². The highest BCUT2D eigenvalue weighted by Crippen LogP contribution is 2.30. The van der Waals surface area contributed by atoms with Gasteiger partial charge in [-0.2, -0.15) is 8.42 Å². The van der Waals surface area contributed by atoms with E-state index in [0.717, 1.165) is 11.1 Å². The largest absolute Gasteiger partial charge is 0.394 e. The van der Waals surface area contributed by atoms with Gasteiger partial charge in [-0.3, -0.25) is 9.45 Å². The molecule has 0 spiro atoms. The molecule has 6 heteroatoms. The average molecular weight is 349 g/mol. The van der Waals surface area contributed by atoms with Crippen LogP contribution in [0.15, 0.2) is 60.7 Å². The van der Waals surface area contributed by atoms with E-state index in [0.29, 0.717) is 0 Å². The maximum atomic E-state index is 11.2. The summed E-state index contributed by atoms with van der Waals surface area (Å²) in [6.45, 7) is 1.94. The van der Waals surface area contributed by atoms with Crippen LogP contribution in [0.2, 0.25) is 0 Å². The minimum atomic E-state index is -4.08. The molecule has 0 fully saturated rings. The lowest BCUT2D eigenvalue weighted by molar-refractivity contribution is 0.0942. The van der Waals surface area contributed by atoms with Gasteiger partial charge in [0.2, 0.25) is 0 Å². The Morgan fingerprint density at radius 1 is 0.958 bits per heavy atom. The Balaban J connectivity index is 2.33. The highest BCUT2D eigenvalue weighted by atomic mass is 32.2. The fourth-order valence-electron chi connectivity index (χ4n) is 2.84. The van der Waals surface area contributed by atoms with E-state index in [1.54, 1.807) is 0 Å². The van der Waals surface area contributed by atoms with E-state index in [9.17, 15) is 13.5 Å². The predicted molar refractivity (Wildman–Crippen MR) is 94.2 cm³/mol. The second-order valence-electron chi connectivity index (χ2n) is 5.72. The van der Waals surface area contributed by atoms with Crippen molar-refractivity contribution < 1.29 is 18.1 Å². The summed E-state index contributed by atoms with van der Waals surface area (Å²) in [6, 6.07) is 18.7. The first-order valence-electron chi connectivity index (χ1n) is 7.84. The van der Waals surface area contributed by atoms with E-state index in [2.05, 4.69) is 0 Å². The Morgan fingerprint density at radius 3 is 1.92 bits per heavy atom. The number of hydrogen-bond donors (Lipinski definition) is 2. The van der Waals surface area contributed by atoms with Gasteiger partial charge in [-0.1, -0.05) is 60.7 Å². The third kappa shape index (κ3) is 5.14. The monoisotopic (exact) mass is 349 g/mol. The van der Waals surface area contributed by atoms with Gasteiger partial charge in [0.05, 0.1) is 18.4 Å². The molecule has 2 aromatic carbocycles. The van der Waals surface area contributed by atoms with E-state index in [-0.39, 0.29) is 31.0 Å². The summed E-state index contributed by atoms with van der Waals surface area (Å²) in [5.74, 6) is -0.381. The van der Waals surface area contributed by atoms with E-state index in [1.807, 2.05) is 72.5 Å². The third-order valence-corrected chi connectivity index (χ3v) is 4.84. The molecule has 0 amide bonds. The molecule has 0 bridgehead atoms. The van der Waals surface area contributed by atoms with Gasteiger partial charge in [0.1, 0.15) is 0 Å². The molecule has 2 N–H and O–H groups in total. The Kier molecular flexibility index (Phi) is 6.51. The maximum absolute atomic E-state index is 11.2. The number of aliphatic hydroxyl groups is 1. The normalized spacial score (nSPS) is 14.5. The van der Waals surface area contributed by atoms with Crippen LogP contribution < -0.4 is 0 Å². The second kappa shape index (κ2) is 8.39. The van der Waals surface area contributed by atoms with Crippen LogP contribution in [-0.4, -0.2) is 41.9 Å². The van der Waals surface area contributed by atoms with Gasteiger partial charge >= 0.3 is 0 Å². The fraction of sp³-hybridized carbons (Fsp3) is 0.333. The minimum Gasteiger partial charge on any atom is -0.394 e. The molecule has 2 atom stereocenters. The van der Waals surface area contributed by atoms with E-state index >= 15 is 0 Å². The number of benzene rings is 2. The first-order chi connectivity index (χ1) is 11.4. The van der Waals surface area contributed by atoms with Gasteiger partial charge in [0.25, 0.3) is 10.1 Å². The van der Waals surface area contributed by atoms with Gasteiger partial charge in [0.15, 0.2) is 0 Å². The molecule has 0 aliphatic carbocycles. The topological polar surface area (TPSA) is 77.8 Å². The molecule has 2 aromatic rings. The van der Waals surface area contributed by atoms with Crippen molar-refractivity contribution in [3.63, 3.8) is 0 Å². The Labute approximate surface area is 143 Å². The molecule has 0 aromatic heterocycles. The van der Waals surface area contributed by atoms with Crippen LogP contribution in [0.25, 0.3) is 0 Å². The third-order valence-electron chi connectivity index (χ3n) is 4.14. The second-order valence-corrected chi connectivity index (χ2v) is 7.29. The maximum Gasteiger partial charge on any atom is 0.266 e. The molecule has 2 rings (SSSR count). The summed E-state index contributed by atoms with van der Waals surface area (Å²) in [4.78, 5) is 1.90. The lowest BCUT2D eigenvalue weighted by Crippen LogP contribution is -2.37. The zero-order valence-corrected chi connectivity index (χ0v) is 14.4. The molecule has 24 heavy (non-hydrogen) atoms. The molecule has 0 radical (unpaired) electrons. The van der Waals surface area contributed by atoms with Gasteiger partial charge in [-0.05, 0) is 18.1 Å². The molecule has 2 unspecified atom stereocenters. The predicted octanol–water partition coefficient (Wildman–Crippen LogP) is 2.67. The minimum absolute atomic E-state index is 0.120. The molecular weight excluding hydrogens is 326 g/mol. The van der Waals surface area contributed by atoms with Crippen molar-refractivity contribution in [1.29, 1.82) is 0 Å². The van der Waals surface area contributed by atoms with Crippen LogP contribution in [0.3, 0.4) is 0 Å². The van der Waals surface area contributed by atoms with Crippen LogP contribution in [0.1, 0.15) is 30.1 Å². The number of aliphatic hydroxyl groups excluding tert-OH is 1. The summed E-state index contributed by atoms with van der Waals surface area (Å²) < 4.78 is 31.5. The number of hydrogen-bond acceptors (Lipinski definition) is 4. The smallest absolute Gasteiger partial charge is 0.266 e. The molecule has 5 nitrogen and oxygen atoms in total. The SMILES string of the molecule is CC(c1ccccc1)N(CCS(=O)(=O)O)C(CO)c1ccccc1. The zero-order valence-electron chi connectivity index (χ0n) is 13.6. The van der Waals surface area contributed by atoms with Crippen molar-refractivity contribution >= 4 is 10.1 Å². The zero-order chi connectivity index (χ0) is 17.6. The summed E-state index contributed by atoms with van der Waals surface area (Å²) in [5, 5.41) is 9.92. The van der Waals surface area contributed by atoms with Crippen LogP contribution >= 0.6 is 0 Å². The summed E-state index contributed by atoms with van der Waals surface area (Å²) in [5.41, 5.74) is 1.92. The molecule has 0 saturated carbocycles. The van der Waals surface area contributed by atoms with Crippen LogP contribution in [0.5, 0.6) is 0 Å². The van der Waals surface area contributed by atoms with Gasteiger partial charge in [-0.15, -0.1) is 0 Å². The Bertz CT molecular complexity index is 719. The molecule has 130 valence electrons. The summed E-state index contributed by atoms with van der Waals surface area (Å²) in [6.07, 6.45) is 0. The Morgan fingerprint density at radius 2 is 1.46 bits per heavy atom. The van der Waals surface area contributed by atoms with Crippen LogP contribution in [0.4, 0.5) is 0 Å². The van der Waals surface area contributed by atoms with E-state index in [1.165, 1.54) is 0 Å². The lowest BCUT2D eigenvalue weighted by atomic mass is 10.0. The van der Waals surface area contributed by atoms with E-state index in [4.69, 9.17) is 4.55 Å². The molecule has 0 heterocycles. The van der Waals surface area contributed by atoms with Crippen molar-refractivity contribution in [1.82, 2.24) is 4.90 Å². The molecule has 0 aliphatic rings. The van der Waals surface area contributed by atoms with Crippen molar-refractivity contribution in [3.05, 3.63) is 71.8 Å². The van der Waals surface area contributed by atoms with Crippen molar-refractivity contribution in [2.45, 2.75) is 19.0 Å². The van der Waals surface area contributed by atoms with Crippen LogP contribution in [-0.2, 0) is 10.1 Å². The highest BCUT2D eigenvalue weighted by Gasteiger charge is 2.26. The lowest BCUT2D eigenvalue weighted by Gasteiger charge is -2.36. The first-order valence-corrected chi connectivity index (χ1v) is 9.45. The summed E-state index contributed by atoms with van der Waals surface area (Å²) in [7, 11) is -4.08. The van der Waals surface area contributed by atoms with Gasteiger partial charge < -0.3 is 5.11 Å². The fourth-order valence-corrected chi connectivity index (χ4v) is 3.28. The van der Waals surface area contributed by atoms with Crippen molar-refractivity contribution in [3.8, 4) is 0 Å². The van der Waals surface area contributed by atoms with Crippen molar-refractivity contribution in [2.24, 2.45) is 0 Å². The standard InChI is InChI=1S/C18H23NO4S/c1-15(16-8-4-2-5-9-16)19(12-13-24(21,22)23)18(14-20)17-10-6-3-7-11-17/h2-11,15,18,20H,12-14H2,1H3,(H,21,22,23). The van der Waals surface area contributed by atoms with Crippen molar-refractivity contribution in [2.75, 3.05) is 18.9 Å². The summed E-state index contributed by atoms with van der Waals surface area (Å²) >= 11 is 0. The molecule has 0 saturated heterocycles. The first kappa shape index (κ1) is 18.6. The molecule has 0 aliphatic heterocycles. The Hall–Kier alpha value is -1.73. The van der Waals surface area contributed by atoms with E-state index < -0.39 is 10.1 Å². The molecular formula is C18H23NO4S.